The number of anilines is 1. The number of fused-ring (bicyclic) bond motifs is 1. The average Bonchev–Trinajstić information content (AvgIpc) is 2.55. The Hall–Kier alpha value is -3.22. The zero-order valence-corrected chi connectivity index (χ0v) is 12.2. The van der Waals surface area contributed by atoms with Gasteiger partial charge < -0.3 is 16.2 Å². The van der Waals surface area contributed by atoms with E-state index in [2.05, 4.69) is 10.2 Å². The van der Waals surface area contributed by atoms with Crippen LogP contribution in [0.5, 0.6) is 5.75 Å². The number of methoxy groups -OCH3 is 1. The molecule has 0 bridgehead atoms. The number of hydrogen-bond acceptors (Lipinski definition) is 5. The van der Waals surface area contributed by atoms with E-state index in [-0.39, 0.29) is 17.1 Å². The summed E-state index contributed by atoms with van der Waals surface area (Å²) in [5.41, 5.74) is 12.3. The van der Waals surface area contributed by atoms with Gasteiger partial charge in [0, 0.05) is 16.5 Å². The van der Waals surface area contributed by atoms with Gasteiger partial charge >= 0.3 is 0 Å². The smallest absolute Gasteiger partial charge is 0.271 e. The lowest BCUT2D eigenvalue weighted by atomic mass is 10.0. The average molecular weight is 312 g/mol. The number of nitrogens with zero attached hydrogens (tertiary/aromatic N) is 2. The molecule has 4 N–H and O–H groups in total. The van der Waals surface area contributed by atoms with E-state index >= 15 is 0 Å². The molecule has 3 rings (SSSR count). The highest BCUT2D eigenvalue weighted by atomic mass is 19.1. The van der Waals surface area contributed by atoms with Gasteiger partial charge in [-0.2, -0.15) is 0 Å². The van der Waals surface area contributed by atoms with Crippen molar-refractivity contribution in [2.75, 3.05) is 12.8 Å². The molecule has 0 radical (unpaired) electrons. The highest BCUT2D eigenvalue weighted by Crippen LogP contribution is 2.34. The van der Waals surface area contributed by atoms with Crippen molar-refractivity contribution in [2.45, 2.75) is 0 Å². The SMILES string of the molecule is COc1cccc(-c2cccc3c(N)c(C(N)=O)nnc23)c1F. The van der Waals surface area contributed by atoms with Crippen LogP contribution in [-0.4, -0.2) is 23.2 Å². The van der Waals surface area contributed by atoms with Gasteiger partial charge in [0.05, 0.1) is 12.8 Å². The highest BCUT2D eigenvalue weighted by Gasteiger charge is 2.17. The first kappa shape index (κ1) is 14.7. The third-order valence-corrected chi connectivity index (χ3v) is 3.54. The Morgan fingerprint density at radius 3 is 2.52 bits per heavy atom. The molecule has 0 saturated heterocycles. The number of hydrogen-bond donors (Lipinski definition) is 2. The second-order valence-electron chi connectivity index (χ2n) is 4.85. The van der Waals surface area contributed by atoms with Gasteiger partial charge in [0.1, 0.15) is 5.52 Å². The zero-order valence-electron chi connectivity index (χ0n) is 12.2. The minimum atomic E-state index is -0.769. The molecule has 7 heteroatoms. The fourth-order valence-electron chi connectivity index (χ4n) is 2.43. The van der Waals surface area contributed by atoms with Crippen LogP contribution in [0, 0.1) is 5.82 Å². The second-order valence-corrected chi connectivity index (χ2v) is 4.85. The van der Waals surface area contributed by atoms with Crippen LogP contribution in [0.1, 0.15) is 10.5 Å². The van der Waals surface area contributed by atoms with E-state index in [1.807, 2.05) is 0 Å². The van der Waals surface area contributed by atoms with E-state index in [9.17, 15) is 9.18 Å². The van der Waals surface area contributed by atoms with E-state index in [1.165, 1.54) is 13.2 Å². The third kappa shape index (κ3) is 2.32. The summed E-state index contributed by atoms with van der Waals surface area (Å²) in [5.74, 6) is -1.16. The lowest BCUT2D eigenvalue weighted by Crippen LogP contribution is -2.16. The van der Waals surface area contributed by atoms with Crippen LogP contribution in [0.2, 0.25) is 0 Å². The molecular formula is C16H13FN4O2. The van der Waals surface area contributed by atoms with Crippen molar-refractivity contribution >= 4 is 22.5 Å². The van der Waals surface area contributed by atoms with Crippen molar-refractivity contribution in [3.05, 3.63) is 47.9 Å². The first-order valence-electron chi connectivity index (χ1n) is 6.72. The standard InChI is InChI=1S/C16H13FN4O2/c1-23-11-7-3-4-8(12(11)17)9-5-2-6-10-13(18)15(16(19)22)21-20-14(9)10/h2-7H,1H3,(H2,18,20)(H2,19,22). The molecule has 0 saturated carbocycles. The number of rotatable bonds is 3. The molecule has 1 amide bonds. The number of ether oxygens (including phenoxy) is 1. The number of nitrogen functional groups attached to an aromatic ring is 1. The van der Waals surface area contributed by atoms with Gasteiger partial charge in [-0.05, 0) is 6.07 Å². The summed E-state index contributed by atoms with van der Waals surface area (Å²) >= 11 is 0. The largest absolute Gasteiger partial charge is 0.494 e. The van der Waals surface area contributed by atoms with Crippen molar-refractivity contribution in [1.29, 1.82) is 0 Å². The molecule has 116 valence electrons. The first-order chi connectivity index (χ1) is 11.0. The van der Waals surface area contributed by atoms with Gasteiger partial charge in [0.15, 0.2) is 17.3 Å². The summed E-state index contributed by atoms with van der Waals surface area (Å²) in [4.78, 5) is 11.3. The number of benzene rings is 2. The van der Waals surface area contributed by atoms with Gasteiger partial charge in [-0.3, -0.25) is 4.79 Å². The Morgan fingerprint density at radius 1 is 1.13 bits per heavy atom. The molecule has 3 aromatic rings. The Balaban J connectivity index is 2.32. The van der Waals surface area contributed by atoms with Crippen molar-refractivity contribution < 1.29 is 13.9 Å². The van der Waals surface area contributed by atoms with Crippen molar-refractivity contribution in [2.24, 2.45) is 5.73 Å². The van der Waals surface area contributed by atoms with E-state index in [0.29, 0.717) is 22.0 Å². The maximum absolute atomic E-state index is 14.5. The lowest BCUT2D eigenvalue weighted by Gasteiger charge is -2.11. The van der Waals surface area contributed by atoms with E-state index < -0.39 is 11.7 Å². The summed E-state index contributed by atoms with van der Waals surface area (Å²) in [5, 5.41) is 8.24. The molecule has 23 heavy (non-hydrogen) atoms. The monoisotopic (exact) mass is 312 g/mol. The predicted octanol–water partition coefficient (Wildman–Crippen LogP) is 2.13. The minimum Gasteiger partial charge on any atom is -0.494 e. The van der Waals surface area contributed by atoms with Crippen LogP contribution in [0.4, 0.5) is 10.1 Å². The van der Waals surface area contributed by atoms with Crippen LogP contribution < -0.4 is 16.2 Å². The molecule has 6 nitrogen and oxygen atoms in total. The van der Waals surface area contributed by atoms with Crippen LogP contribution in [0.25, 0.3) is 22.0 Å². The number of amides is 1. The van der Waals surface area contributed by atoms with Crippen LogP contribution >= 0.6 is 0 Å². The molecule has 0 aliphatic heterocycles. The maximum atomic E-state index is 14.5. The minimum absolute atomic E-state index is 0.110. The Bertz CT molecular complexity index is 927. The van der Waals surface area contributed by atoms with Crippen LogP contribution in [0.15, 0.2) is 36.4 Å². The van der Waals surface area contributed by atoms with Crippen molar-refractivity contribution in [1.82, 2.24) is 10.2 Å². The Morgan fingerprint density at radius 2 is 1.83 bits per heavy atom. The quantitative estimate of drug-likeness (QED) is 0.771. The topological polar surface area (TPSA) is 104 Å². The Labute approximate surface area is 130 Å². The van der Waals surface area contributed by atoms with E-state index in [0.717, 1.165) is 0 Å². The number of aromatic nitrogens is 2. The number of carbonyl (C=O) groups excluding carboxylic acids is 1. The second kappa shape index (κ2) is 5.53. The maximum Gasteiger partial charge on any atom is 0.271 e. The summed E-state index contributed by atoms with van der Waals surface area (Å²) in [6.07, 6.45) is 0. The summed E-state index contributed by atoms with van der Waals surface area (Å²) in [6.45, 7) is 0. The van der Waals surface area contributed by atoms with Gasteiger partial charge in [-0.25, -0.2) is 4.39 Å². The van der Waals surface area contributed by atoms with Gasteiger partial charge in [-0.15, -0.1) is 10.2 Å². The van der Waals surface area contributed by atoms with Crippen molar-refractivity contribution in [3.8, 4) is 16.9 Å². The molecule has 0 aliphatic rings. The third-order valence-electron chi connectivity index (χ3n) is 3.54. The molecule has 0 unspecified atom stereocenters. The normalized spacial score (nSPS) is 10.7. The molecule has 2 aromatic carbocycles. The summed E-state index contributed by atoms with van der Waals surface area (Å²) < 4.78 is 19.5. The van der Waals surface area contributed by atoms with Crippen LogP contribution in [-0.2, 0) is 0 Å². The molecule has 0 aliphatic carbocycles. The highest BCUT2D eigenvalue weighted by molar-refractivity contribution is 6.07. The van der Waals surface area contributed by atoms with E-state index in [1.54, 1.807) is 30.3 Å². The molecule has 0 atom stereocenters. The molecule has 0 fully saturated rings. The number of nitrogens with two attached hydrogens (primary N) is 2. The first-order valence-corrected chi connectivity index (χ1v) is 6.72. The number of halogens is 1. The summed E-state index contributed by atoms with van der Waals surface area (Å²) in [7, 11) is 1.39. The summed E-state index contributed by atoms with van der Waals surface area (Å²) in [6, 6.07) is 9.86. The predicted molar refractivity (Wildman–Crippen MR) is 84.4 cm³/mol. The fourth-order valence-corrected chi connectivity index (χ4v) is 2.43. The van der Waals surface area contributed by atoms with Gasteiger partial charge in [0.25, 0.3) is 5.91 Å². The Kier molecular flexibility index (Phi) is 3.53. The van der Waals surface area contributed by atoms with Gasteiger partial charge in [-0.1, -0.05) is 30.3 Å². The molecule has 0 spiro atoms. The lowest BCUT2D eigenvalue weighted by molar-refractivity contribution is 0.0996. The number of carbonyl (C=O) groups is 1. The van der Waals surface area contributed by atoms with Crippen LogP contribution in [0.3, 0.4) is 0 Å². The molecular weight excluding hydrogens is 299 g/mol. The zero-order chi connectivity index (χ0) is 16.6. The fraction of sp³-hybridized carbons (Fsp3) is 0.0625. The number of primary amides is 1. The molecule has 1 heterocycles. The van der Waals surface area contributed by atoms with Gasteiger partial charge in [0.2, 0.25) is 0 Å². The molecule has 1 aromatic heterocycles. The van der Waals surface area contributed by atoms with Crippen molar-refractivity contribution in [3.63, 3.8) is 0 Å². The van der Waals surface area contributed by atoms with E-state index in [4.69, 9.17) is 16.2 Å².